The molecule has 1 aliphatic rings. The van der Waals surface area contributed by atoms with E-state index in [2.05, 4.69) is 34.2 Å². The number of aromatic nitrogens is 4. The van der Waals surface area contributed by atoms with Gasteiger partial charge in [0, 0.05) is 17.0 Å². The number of benzene rings is 2. The monoisotopic (exact) mass is 365 g/mol. The zero-order chi connectivity index (χ0) is 17.7. The molecule has 2 aromatic carbocycles. The molecule has 130 valence electrons. The zero-order valence-corrected chi connectivity index (χ0v) is 14.9. The van der Waals surface area contributed by atoms with Crippen molar-refractivity contribution in [3.05, 3.63) is 53.3 Å². The Morgan fingerprint density at radius 3 is 3.04 bits per heavy atom. The molecule has 0 radical (unpaired) electrons. The number of rotatable bonds is 1. The number of hydrogen-bond acceptors (Lipinski definition) is 5. The van der Waals surface area contributed by atoms with Crippen LogP contribution in [0.5, 0.6) is 5.75 Å². The Balaban J connectivity index is 1.83. The molecule has 26 heavy (non-hydrogen) atoms. The van der Waals surface area contributed by atoms with Gasteiger partial charge in [-0.1, -0.05) is 23.7 Å². The first-order valence-corrected chi connectivity index (χ1v) is 8.89. The Kier molecular flexibility index (Phi) is 3.46. The van der Waals surface area contributed by atoms with Gasteiger partial charge in [0.2, 0.25) is 0 Å². The van der Waals surface area contributed by atoms with Crippen LogP contribution < -0.4 is 9.64 Å². The summed E-state index contributed by atoms with van der Waals surface area (Å²) in [6.45, 7) is 3.56. The van der Waals surface area contributed by atoms with Crippen molar-refractivity contribution in [1.82, 2.24) is 19.6 Å². The van der Waals surface area contributed by atoms with Crippen LogP contribution in [0.25, 0.3) is 16.7 Å². The fourth-order valence-electron chi connectivity index (χ4n) is 3.50. The first-order valence-electron chi connectivity index (χ1n) is 8.51. The lowest BCUT2D eigenvalue weighted by Crippen LogP contribution is -2.20. The van der Waals surface area contributed by atoms with Crippen LogP contribution in [0.4, 0.5) is 11.5 Å². The first-order chi connectivity index (χ1) is 12.7. The van der Waals surface area contributed by atoms with Crippen LogP contribution in [0.2, 0.25) is 5.02 Å². The predicted octanol–water partition coefficient (Wildman–Crippen LogP) is 4.16. The summed E-state index contributed by atoms with van der Waals surface area (Å²) in [5.41, 5.74) is 3.07. The molecule has 0 fully saturated rings. The maximum atomic E-state index is 6.24. The van der Waals surface area contributed by atoms with Gasteiger partial charge in [-0.15, -0.1) is 10.2 Å². The summed E-state index contributed by atoms with van der Waals surface area (Å²) in [7, 11) is 0. The second-order valence-electron chi connectivity index (χ2n) is 6.37. The average Bonchev–Trinajstić information content (AvgIpc) is 3.01. The van der Waals surface area contributed by atoms with Crippen molar-refractivity contribution < 1.29 is 4.74 Å². The van der Waals surface area contributed by atoms with Crippen LogP contribution in [0.3, 0.4) is 0 Å². The van der Waals surface area contributed by atoms with Crippen molar-refractivity contribution in [2.75, 3.05) is 18.1 Å². The van der Waals surface area contributed by atoms with Crippen LogP contribution in [-0.2, 0) is 0 Å². The minimum absolute atomic E-state index is 0.550. The summed E-state index contributed by atoms with van der Waals surface area (Å²) in [5.74, 6) is 2.30. The summed E-state index contributed by atoms with van der Waals surface area (Å²) in [4.78, 5) is 7.01. The molecule has 2 aromatic heterocycles. The van der Waals surface area contributed by atoms with Crippen molar-refractivity contribution in [3.63, 3.8) is 0 Å². The number of para-hydroxylation sites is 1. The van der Waals surface area contributed by atoms with Crippen LogP contribution in [-0.4, -0.2) is 32.7 Å². The van der Waals surface area contributed by atoms with Gasteiger partial charge < -0.3 is 9.64 Å². The summed E-state index contributed by atoms with van der Waals surface area (Å²) < 4.78 is 7.87. The van der Waals surface area contributed by atoms with E-state index >= 15 is 0 Å². The Morgan fingerprint density at radius 2 is 2.12 bits per heavy atom. The summed E-state index contributed by atoms with van der Waals surface area (Å²) >= 11 is 6.24. The average molecular weight is 366 g/mol. The summed E-state index contributed by atoms with van der Waals surface area (Å²) in [6.07, 6.45) is 2.57. The Morgan fingerprint density at radius 1 is 1.19 bits per heavy atom. The number of hydrogen-bond donors (Lipinski definition) is 0. The highest BCUT2D eigenvalue weighted by atomic mass is 35.5. The van der Waals surface area contributed by atoms with E-state index in [1.165, 1.54) is 0 Å². The standard InChI is InChI=1S/C19H16ClN5O/c1-12-4-2-5-15-17(12)26-9-3-8-24(15)18-14-7-6-13(20)10-16(14)25-11-21-23-19(25)22-18/h2,4-7,10-11H,3,8-9H2,1H3. The van der Waals surface area contributed by atoms with E-state index in [4.69, 9.17) is 21.3 Å². The number of nitrogens with zero attached hydrogens (tertiary/aromatic N) is 5. The molecule has 0 atom stereocenters. The molecule has 0 N–H and O–H groups in total. The van der Waals surface area contributed by atoms with E-state index < -0.39 is 0 Å². The minimum atomic E-state index is 0.550. The highest BCUT2D eigenvalue weighted by Gasteiger charge is 2.23. The molecule has 6 nitrogen and oxygen atoms in total. The third-order valence-corrected chi connectivity index (χ3v) is 4.94. The number of halogens is 1. The predicted molar refractivity (Wildman–Crippen MR) is 102 cm³/mol. The first kappa shape index (κ1) is 15.4. The van der Waals surface area contributed by atoms with Crippen molar-refractivity contribution in [1.29, 1.82) is 0 Å². The second-order valence-corrected chi connectivity index (χ2v) is 6.81. The topological polar surface area (TPSA) is 55.5 Å². The number of fused-ring (bicyclic) bond motifs is 4. The van der Waals surface area contributed by atoms with Gasteiger partial charge in [-0.2, -0.15) is 4.98 Å². The zero-order valence-electron chi connectivity index (χ0n) is 14.2. The Hall–Kier alpha value is -2.86. The molecule has 4 aromatic rings. The maximum absolute atomic E-state index is 6.24. The van der Waals surface area contributed by atoms with Gasteiger partial charge >= 0.3 is 0 Å². The highest BCUT2D eigenvalue weighted by molar-refractivity contribution is 6.31. The number of ether oxygens (including phenoxy) is 1. The SMILES string of the molecule is Cc1cccc2c1OCCCN2c1nc2nncn2c2cc(Cl)ccc12. The largest absolute Gasteiger partial charge is 0.491 e. The van der Waals surface area contributed by atoms with Crippen LogP contribution in [0.1, 0.15) is 12.0 Å². The van der Waals surface area contributed by atoms with E-state index in [1.54, 1.807) is 6.33 Å². The normalized spacial score (nSPS) is 14.3. The number of anilines is 2. The van der Waals surface area contributed by atoms with Gasteiger partial charge in [0.25, 0.3) is 5.78 Å². The molecule has 0 amide bonds. The molecular weight excluding hydrogens is 350 g/mol. The molecule has 0 aliphatic carbocycles. The van der Waals surface area contributed by atoms with Gasteiger partial charge in [0.1, 0.15) is 17.9 Å². The Labute approximate surface area is 155 Å². The van der Waals surface area contributed by atoms with Crippen molar-refractivity contribution in [3.8, 4) is 5.75 Å². The van der Waals surface area contributed by atoms with E-state index in [0.29, 0.717) is 17.4 Å². The molecule has 5 rings (SSSR count). The number of aryl methyl sites for hydroxylation is 1. The summed E-state index contributed by atoms with van der Waals surface area (Å²) in [5, 5.41) is 9.82. The van der Waals surface area contributed by atoms with Crippen LogP contribution >= 0.6 is 11.6 Å². The van der Waals surface area contributed by atoms with Crippen molar-refractivity contribution in [2.24, 2.45) is 0 Å². The van der Waals surface area contributed by atoms with Crippen LogP contribution in [0.15, 0.2) is 42.7 Å². The second kappa shape index (κ2) is 5.85. The van der Waals surface area contributed by atoms with E-state index in [-0.39, 0.29) is 0 Å². The van der Waals surface area contributed by atoms with Gasteiger partial charge in [-0.05, 0) is 43.2 Å². The lowest BCUT2D eigenvalue weighted by atomic mass is 10.1. The van der Waals surface area contributed by atoms with Gasteiger partial charge in [-0.3, -0.25) is 4.40 Å². The maximum Gasteiger partial charge on any atom is 0.257 e. The molecule has 0 bridgehead atoms. The minimum Gasteiger partial charge on any atom is -0.491 e. The van der Waals surface area contributed by atoms with Crippen LogP contribution in [0, 0.1) is 6.92 Å². The molecule has 0 unspecified atom stereocenters. The molecule has 3 heterocycles. The smallest absolute Gasteiger partial charge is 0.257 e. The van der Waals surface area contributed by atoms with Gasteiger partial charge in [0.15, 0.2) is 0 Å². The van der Waals surface area contributed by atoms with E-state index in [1.807, 2.05) is 28.7 Å². The van der Waals surface area contributed by atoms with Crippen molar-refractivity contribution in [2.45, 2.75) is 13.3 Å². The fraction of sp³-hybridized carbons (Fsp3) is 0.211. The highest BCUT2D eigenvalue weighted by Crippen LogP contribution is 2.40. The molecule has 0 saturated carbocycles. The quantitative estimate of drug-likeness (QED) is 0.507. The Bertz CT molecular complexity index is 1140. The molecule has 0 spiro atoms. The molecule has 7 heteroatoms. The molecule has 0 saturated heterocycles. The summed E-state index contributed by atoms with van der Waals surface area (Å²) in [6, 6.07) is 12.0. The molecule has 1 aliphatic heterocycles. The lowest BCUT2D eigenvalue weighted by Gasteiger charge is -2.25. The van der Waals surface area contributed by atoms with Gasteiger partial charge in [0.05, 0.1) is 17.8 Å². The van der Waals surface area contributed by atoms with E-state index in [0.717, 1.165) is 46.7 Å². The lowest BCUT2D eigenvalue weighted by molar-refractivity contribution is 0.320. The molecular formula is C19H16ClN5O. The van der Waals surface area contributed by atoms with E-state index in [9.17, 15) is 0 Å². The third kappa shape index (κ3) is 2.29. The third-order valence-electron chi connectivity index (χ3n) is 4.71. The fourth-order valence-corrected chi connectivity index (χ4v) is 3.67. The van der Waals surface area contributed by atoms with Gasteiger partial charge in [-0.25, -0.2) is 0 Å². The van der Waals surface area contributed by atoms with Crippen molar-refractivity contribution >= 4 is 39.8 Å².